The maximum absolute atomic E-state index is 12.9. The monoisotopic (exact) mass is 412 g/mol. The molecule has 2 amide bonds. The van der Waals surface area contributed by atoms with E-state index in [2.05, 4.69) is 44.8 Å². The van der Waals surface area contributed by atoms with Gasteiger partial charge in [-0.05, 0) is 73.2 Å². The van der Waals surface area contributed by atoms with Gasteiger partial charge in [-0.25, -0.2) is 4.79 Å². The number of aromatic nitrogens is 1. The first-order valence-electron chi connectivity index (χ1n) is 11.1. The Hall–Kier alpha value is -3.18. The van der Waals surface area contributed by atoms with Crippen LogP contribution in [0.5, 0.6) is 0 Å². The van der Waals surface area contributed by atoms with Gasteiger partial charge < -0.3 is 10.6 Å². The molecule has 2 N–H and O–H groups in total. The number of carbonyl (C=O) groups excluding carboxylic acids is 1. The Morgan fingerprint density at radius 3 is 2.55 bits per heavy atom. The fourth-order valence-electron chi connectivity index (χ4n) is 5.11. The van der Waals surface area contributed by atoms with Crippen LogP contribution in [-0.4, -0.2) is 41.1 Å². The summed E-state index contributed by atoms with van der Waals surface area (Å²) in [4.78, 5) is 19.8. The maximum Gasteiger partial charge on any atom is 0.319 e. The predicted octanol–water partition coefficient (Wildman–Crippen LogP) is 4.58. The molecular formula is C26H28N4O. The van der Waals surface area contributed by atoms with Crippen LogP contribution >= 0.6 is 0 Å². The van der Waals surface area contributed by atoms with Crippen LogP contribution in [0.15, 0.2) is 79.1 Å². The summed E-state index contributed by atoms with van der Waals surface area (Å²) in [6.07, 6.45) is 6.97. The van der Waals surface area contributed by atoms with Gasteiger partial charge >= 0.3 is 6.03 Å². The minimum atomic E-state index is -0.125. The third-order valence-electron chi connectivity index (χ3n) is 6.66. The van der Waals surface area contributed by atoms with E-state index in [1.807, 2.05) is 54.9 Å². The first kappa shape index (κ1) is 19.8. The van der Waals surface area contributed by atoms with Gasteiger partial charge in [-0.3, -0.25) is 9.88 Å². The second-order valence-corrected chi connectivity index (χ2v) is 8.58. The lowest BCUT2D eigenvalue weighted by molar-refractivity contribution is 0.0184. The second kappa shape index (κ2) is 8.90. The normalized spacial score (nSPS) is 24.5. The van der Waals surface area contributed by atoms with Crippen LogP contribution in [0, 0.1) is 5.92 Å². The van der Waals surface area contributed by atoms with Gasteiger partial charge in [0.2, 0.25) is 0 Å². The molecule has 158 valence electrons. The third kappa shape index (κ3) is 4.47. The zero-order valence-electron chi connectivity index (χ0n) is 17.6. The average molecular weight is 413 g/mol. The number of pyridine rings is 1. The van der Waals surface area contributed by atoms with E-state index in [4.69, 9.17) is 0 Å². The lowest BCUT2D eigenvalue weighted by Gasteiger charge is -2.51. The molecule has 6 rings (SSSR count). The van der Waals surface area contributed by atoms with Crippen LogP contribution < -0.4 is 10.6 Å². The van der Waals surface area contributed by atoms with Crippen molar-refractivity contribution in [3.63, 3.8) is 0 Å². The maximum atomic E-state index is 12.9. The molecule has 5 nitrogen and oxygen atoms in total. The third-order valence-corrected chi connectivity index (χ3v) is 6.66. The summed E-state index contributed by atoms with van der Waals surface area (Å²) in [5.74, 6) is 0.535. The number of nitrogens with one attached hydrogen (secondary N) is 2. The Kier molecular flexibility index (Phi) is 5.67. The first-order valence-corrected chi connectivity index (χ1v) is 11.1. The molecule has 2 atom stereocenters. The van der Waals surface area contributed by atoms with Gasteiger partial charge in [-0.2, -0.15) is 0 Å². The van der Waals surface area contributed by atoms with Crippen molar-refractivity contribution in [2.24, 2.45) is 5.92 Å². The van der Waals surface area contributed by atoms with E-state index < -0.39 is 0 Å². The molecule has 0 spiro atoms. The average Bonchev–Trinajstić information content (AvgIpc) is 2.83. The molecule has 2 unspecified atom stereocenters. The summed E-state index contributed by atoms with van der Waals surface area (Å²) in [7, 11) is 0. The van der Waals surface area contributed by atoms with Gasteiger partial charge in [0.1, 0.15) is 0 Å². The molecule has 3 aliphatic heterocycles. The van der Waals surface area contributed by atoms with Gasteiger partial charge in [0, 0.05) is 30.2 Å². The highest BCUT2D eigenvalue weighted by molar-refractivity contribution is 5.90. The van der Waals surface area contributed by atoms with Crippen molar-refractivity contribution in [1.82, 2.24) is 15.2 Å². The number of rotatable bonds is 5. The highest BCUT2D eigenvalue weighted by atomic mass is 16.2. The highest BCUT2D eigenvalue weighted by Gasteiger charge is 2.42. The quantitative estimate of drug-likeness (QED) is 0.645. The molecule has 0 radical (unpaired) electrons. The van der Waals surface area contributed by atoms with Crippen molar-refractivity contribution in [3.8, 4) is 11.1 Å². The molecule has 4 heterocycles. The Labute approximate surface area is 183 Å². The first-order chi connectivity index (χ1) is 15.3. The van der Waals surface area contributed by atoms with E-state index in [0.717, 1.165) is 49.2 Å². The molecule has 5 heteroatoms. The van der Waals surface area contributed by atoms with E-state index in [0.29, 0.717) is 12.0 Å². The SMILES string of the molecule is O=C(Nc1cccc(-c2ccccc2)c1)NC1C2CCN(CC2)C1Cc1cccnc1. The van der Waals surface area contributed by atoms with Crippen LogP contribution in [0.2, 0.25) is 0 Å². The number of hydrogen-bond donors (Lipinski definition) is 2. The minimum Gasteiger partial charge on any atom is -0.333 e. The molecular weight excluding hydrogens is 384 g/mol. The molecule has 0 aliphatic carbocycles. The Bertz CT molecular complexity index is 1020. The van der Waals surface area contributed by atoms with Gasteiger partial charge in [-0.1, -0.05) is 48.5 Å². The molecule has 0 saturated carbocycles. The number of anilines is 1. The van der Waals surface area contributed by atoms with E-state index in [1.54, 1.807) is 0 Å². The van der Waals surface area contributed by atoms with Gasteiger partial charge in [-0.15, -0.1) is 0 Å². The van der Waals surface area contributed by atoms with Gasteiger partial charge in [0.05, 0.1) is 0 Å². The van der Waals surface area contributed by atoms with Crippen LogP contribution in [0.1, 0.15) is 18.4 Å². The second-order valence-electron chi connectivity index (χ2n) is 8.58. The summed E-state index contributed by atoms with van der Waals surface area (Å²) in [5, 5.41) is 6.38. The number of piperidine rings is 3. The summed E-state index contributed by atoms with van der Waals surface area (Å²) in [6, 6.07) is 22.7. The van der Waals surface area contributed by atoms with Crippen molar-refractivity contribution in [3.05, 3.63) is 84.7 Å². The van der Waals surface area contributed by atoms with Crippen LogP contribution in [0.3, 0.4) is 0 Å². The molecule has 3 aromatic rings. The predicted molar refractivity (Wildman–Crippen MR) is 124 cm³/mol. The van der Waals surface area contributed by atoms with E-state index in [9.17, 15) is 4.79 Å². The van der Waals surface area contributed by atoms with Crippen LogP contribution in [0.25, 0.3) is 11.1 Å². The topological polar surface area (TPSA) is 57.3 Å². The van der Waals surface area contributed by atoms with Gasteiger partial charge in [0.15, 0.2) is 0 Å². The van der Waals surface area contributed by atoms with E-state index >= 15 is 0 Å². The number of amides is 2. The Morgan fingerprint density at radius 2 is 1.77 bits per heavy atom. The molecule has 2 aromatic carbocycles. The van der Waals surface area contributed by atoms with Crippen molar-refractivity contribution < 1.29 is 4.79 Å². The number of benzene rings is 2. The molecule has 3 saturated heterocycles. The number of fused-ring (bicyclic) bond motifs is 3. The van der Waals surface area contributed by atoms with Crippen molar-refractivity contribution >= 4 is 11.7 Å². The fraction of sp³-hybridized carbons (Fsp3) is 0.308. The van der Waals surface area contributed by atoms with Crippen molar-refractivity contribution in [2.75, 3.05) is 18.4 Å². The number of urea groups is 1. The molecule has 3 aliphatic rings. The Balaban J connectivity index is 1.29. The standard InChI is InChI=1S/C26H28N4O/c31-26(28-23-10-4-9-22(17-23)20-7-2-1-3-8-20)29-25-21-11-14-30(15-12-21)24(25)16-19-6-5-13-27-18-19/h1-10,13,17-18,21,24-25H,11-12,14-16H2,(H2,28,29,31). The number of nitrogens with zero attached hydrogens (tertiary/aromatic N) is 2. The summed E-state index contributed by atoms with van der Waals surface area (Å²) < 4.78 is 0. The summed E-state index contributed by atoms with van der Waals surface area (Å²) in [6.45, 7) is 2.24. The molecule has 3 fully saturated rings. The lowest BCUT2D eigenvalue weighted by Crippen LogP contribution is -2.64. The zero-order valence-corrected chi connectivity index (χ0v) is 17.6. The molecule has 1 aromatic heterocycles. The highest BCUT2D eigenvalue weighted by Crippen LogP contribution is 2.34. The van der Waals surface area contributed by atoms with Crippen molar-refractivity contribution in [2.45, 2.75) is 31.3 Å². The molecule has 2 bridgehead atoms. The smallest absolute Gasteiger partial charge is 0.319 e. The fourth-order valence-corrected chi connectivity index (χ4v) is 5.11. The van der Waals surface area contributed by atoms with Crippen molar-refractivity contribution in [1.29, 1.82) is 0 Å². The summed E-state index contributed by atoms with van der Waals surface area (Å²) >= 11 is 0. The van der Waals surface area contributed by atoms with Gasteiger partial charge in [0.25, 0.3) is 0 Å². The zero-order chi connectivity index (χ0) is 21.0. The number of hydrogen-bond acceptors (Lipinski definition) is 3. The Morgan fingerprint density at radius 1 is 0.968 bits per heavy atom. The largest absolute Gasteiger partial charge is 0.333 e. The lowest BCUT2D eigenvalue weighted by atomic mass is 9.77. The van der Waals surface area contributed by atoms with Crippen LogP contribution in [0.4, 0.5) is 10.5 Å². The number of carbonyl (C=O) groups is 1. The minimum absolute atomic E-state index is 0.125. The molecule has 31 heavy (non-hydrogen) atoms. The van der Waals surface area contributed by atoms with E-state index in [1.165, 1.54) is 5.56 Å². The van der Waals surface area contributed by atoms with Crippen LogP contribution in [-0.2, 0) is 6.42 Å². The summed E-state index contributed by atoms with van der Waals surface area (Å²) in [5.41, 5.74) is 4.27. The van der Waals surface area contributed by atoms with E-state index in [-0.39, 0.29) is 12.1 Å².